The van der Waals surface area contributed by atoms with Crippen LogP contribution >= 0.6 is 0 Å². The summed E-state index contributed by atoms with van der Waals surface area (Å²) >= 11 is 0. The van der Waals surface area contributed by atoms with Gasteiger partial charge in [0.25, 0.3) is 5.82 Å². The third kappa shape index (κ3) is 32.6. The minimum Gasteiger partial charge on any atom is -0.234 e. The molecule has 0 saturated heterocycles. The molecule has 1 aromatic rings. The van der Waals surface area contributed by atoms with E-state index in [-0.39, 0.29) is 0 Å². The highest BCUT2D eigenvalue weighted by Crippen LogP contribution is 2.17. The van der Waals surface area contributed by atoms with Crippen molar-refractivity contribution in [3.63, 3.8) is 0 Å². The van der Waals surface area contributed by atoms with Crippen molar-refractivity contribution in [2.45, 2.75) is 304 Å². The zero-order valence-electron chi connectivity index (χ0n) is 36.7. The van der Waals surface area contributed by atoms with Gasteiger partial charge < -0.3 is 0 Å². The van der Waals surface area contributed by atoms with Crippen LogP contribution in [-0.4, -0.2) is 4.57 Å². The number of hydrogen-bond acceptors (Lipinski definition) is 0. The molecule has 0 fully saturated rings. The number of nitrogens with zero attached hydrogens (tertiary/aromatic N) is 2. The number of imidazole rings is 1. The third-order valence-electron chi connectivity index (χ3n) is 12.1. The second-order valence-electron chi connectivity index (χ2n) is 17.3. The van der Waals surface area contributed by atoms with E-state index >= 15 is 0 Å². The molecule has 2 heteroatoms. The molecule has 0 saturated carbocycles. The van der Waals surface area contributed by atoms with E-state index in [1.54, 1.807) is 5.82 Å². The topological polar surface area (TPSA) is 8.81 Å². The Kier molecular flexibility index (Phi) is 39.2. The van der Waals surface area contributed by atoms with Gasteiger partial charge >= 0.3 is 0 Å². The fourth-order valence-electron chi connectivity index (χ4n) is 8.45. The third-order valence-corrected chi connectivity index (χ3v) is 12.1. The molecule has 0 aliphatic rings. The molecular formula is C50H99N2+. The average Bonchev–Trinajstić information content (AvgIpc) is 3.54. The highest BCUT2D eigenvalue weighted by Gasteiger charge is 2.16. The molecule has 1 aromatic heterocycles. The van der Waals surface area contributed by atoms with Crippen molar-refractivity contribution >= 4 is 0 Å². The van der Waals surface area contributed by atoms with Crippen molar-refractivity contribution in [1.82, 2.24) is 4.57 Å². The average molecular weight is 728 g/mol. The van der Waals surface area contributed by atoms with Crippen LogP contribution in [-0.2, 0) is 19.5 Å². The van der Waals surface area contributed by atoms with Crippen LogP contribution in [0.4, 0.5) is 0 Å². The van der Waals surface area contributed by atoms with Gasteiger partial charge in [-0.2, -0.15) is 0 Å². The number of rotatable bonds is 44. The zero-order valence-corrected chi connectivity index (χ0v) is 36.7. The lowest BCUT2D eigenvalue weighted by atomic mass is 10.0. The van der Waals surface area contributed by atoms with Gasteiger partial charge in [0.2, 0.25) is 0 Å². The molecule has 2 nitrogen and oxygen atoms in total. The Bertz CT molecular complexity index is 796. The van der Waals surface area contributed by atoms with Crippen LogP contribution in [0.25, 0.3) is 0 Å². The summed E-state index contributed by atoms with van der Waals surface area (Å²) in [6.45, 7) is 9.42. The van der Waals surface area contributed by atoms with E-state index in [4.69, 9.17) is 0 Å². The molecule has 0 N–H and O–H groups in total. The molecule has 0 radical (unpaired) electrons. The Morgan fingerprint density at radius 2 is 0.596 bits per heavy atom. The fraction of sp³-hybridized carbons (Fsp3) is 0.940. The fourth-order valence-corrected chi connectivity index (χ4v) is 8.45. The lowest BCUT2D eigenvalue weighted by Gasteiger charge is -2.07. The summed E-state index contributed by atoms with van der Waals surface area (Å²) < 4.78 is 5.31. The Morgan fingerprint density at radius 1 is 0.327 bits per heavy atom. The maximum Gasteiger partial charge on any atom is 0.256 e. The minimum atomic E-state index is 1.23. The van der Waals surface area contributed by atoms with Crippen molar-refractivity contribution in [1.29, 1.82) is 0 Å². The van der Waals surface area contributed by atoms with Crippen LogP contribution in [0.5, 0.6) is 0 Å². The monoisotopic (exact) mass is 728 g/mol. The highest BCUT2D eigenvalue weighted by atomic mass is 15.1. The second-order valence-corrected chi connectivity index (χ2v) is 17.3. The van der Waals surface area contributed by atoms with E-state index in [0.29, 0.717) is 0 Å². The highest BCUT2D eigenvalue weighted by molar-refractivity contribution is 4.84. The first kappa shape index (κ1) is 49.2. The SMILES string of the molecule is CCCCCCCCCCCCCCCCCCc1n(CCCCCCCCCCCCCC)cc[n+]1CCCCCCCCCCCCCCC. The van der Waals surface area contributed by atoms with Gasteiger partial charge in [-0.25, -0.2) is 9.13 Å². The van der Waals surface area contributed by atoms with Gasteiger partial charge in [0.1, 0.15) is 12.4 Å². The summed E-state index contributed by atoms with van der Waals surface area (Å²) in [5.74, 6) is 1.63. The Labute approximate surface area is 329 Å². The summed E-state index contributed by atoms with van der Waals surface area (Å²) in [5.41, 5.74) is 0. The van der Waals surface area contributed by atoms with Crippen LogP contribution in [0.2, 0.25) is 0 Å². The molecule has 1 rings (SSSR count). The molecule has 308 valence electrons. The van der Waals surface area contributed by atoms with Crippen molar-refractivity contribution in [3.8, 4) is 0 Å². The quantitative estimate of drug-likeness (QED) is 0.0467. The van der Waals surface area contributed by atoms with Crippen molar-refractivity contribution in [3.05, 3.63) is 18.2 Å². The molecule has 1 heterocycles. The van der Waals surface area contributed by atoms with E-state index in [1.807, 2.05) is 0 Å². The van der Waals surface area contributed by atoms with Gasteiger partial charge in [-0.1, -0.05) is 252 Å². The number of aromatic nitrogens is 2. The Hall–Kier alpha value is -0.790. The van der Waals surface area contributed by atoms with Crippen LogP contribution < -0.4 is 4.57 Å². The maximum absolute atomic E-state index is 2.66. The molecule has 0 unspecified atom stereocenters. The van der Waals surface area contributed by atoms with E-state index in [1.165, 1.54) is 283 Å². The van der Waals surface area contributed by atoms with Gasteiger partial charge in [-0.3, -0.25) is 0 Å². The summed E-state index contributed by atoms with van der Waals surface area (Å²) in [5, 5.41) is 0. The van der Waals surface area contributed by atoms with Gasteiger partial charge in [-0.15, -0.1) is 0 Å². The smallest absolute Gasteiger partial charge is 0.234 e. The first-order chi connectivity index (χ1) is 25.8. The van der Waals surface area contributed by atoms with Crippen LogP contribution in [0.1, 0.15) is 290 Å². The van der Waals surface area contributed by atoms with E-state index in [0.717, 1.165) is 0 Å². The molecule has 0 aromatic carbocycles. The standard InChI is InChI=1S/C50H99N2/c1-4-7-10-13-16-19-22-25-26-27-28-30-33-36-39-42-45-50-51(46-43-40-37-34-31-24-21-18-15-12-9-6-3)48-49-52(50)47-44-41-38-35-32-29-23-20-17-14-11-8-5-2/h48-49H,4-47H2,1-3H3/q+1. The molecule has 0 amide bonds. The lowest BCUT2D eigenvalue weighted by Crippen LogP contribution is -2.37. The Morgan fingerprint density at radius 3 is 0.923 bits per heavy atom. The molecule has 52 heavy (non-hydrogen) atoms. The lowest BCUT2D eigenvalue weighted by molar-refractivity contribution is -0.704. The number of aryl methyl sites for hydroxylation is 2. The van der Waals surface area contributed by atoms with Crippen LogP contribution in [0, 0.1) is 0 Å². The predicted molar refractivity (Wildman–Crippen MR) is 235 cm³/mol. The zero-order chi connectivity index (χ0) is 37.3. The van der Waals surface area contributed by atoms with E-state index in [9.17, 15) is 0 Å². The minimum absolute atomic E-state index is 1.23. The van der Waals surface area contributed by atoms with Gasteiger partial charge in [0.15, 0.2) is 0 Å². The normalized spacial score (nSPS) is 11.7. The summed E-state index contributed by atoms with van der Waals surface area (Å²) in [6, 6.07) is 0. The maximum atomic E-state index is 2.66. The van der Waals surface area contributed by atoms with Crippen molar-refractivity contribution in [2.24, 2.45) is 0 Å². The molecule has 0 aliphatic heterocycles. The van der Waals surface area contributed by atoms with Gasteiger partial charge in [0.05, 0.1) is 13.1 Å². The molecular weight excluding hydrogens is 629 g/mol. The van der Waals surface area contributed by atoms with E-state index < -0.39 is 0 Å². The van der Waals surface area contributed by atoms with Gasteiger partial charge in [-0.05, 0) is 32.1 Å². The second kappa shape index (κ2) is 41.4. The summed E-state index contributed by atoms with van der Waals surface area (Å²) in [4.78, 5) is 0. The van der Waals surface area contributed by atoms with Gasteiger partial charge in [0, 0.05) is 6.42 Å². The van der Waals surface area contributed by atoms with Crippen LogP contribution in [0.15, 0.2) is 12.4 Å². The predicted octanol–water partition coefficient (Wildman–Crippen LogP) is 17.4. The van der Waals surface area contributed by atoms with E-state index in [2.05, 4.69) is 42.3 Å². The largest absolute Gasteiger partial charge is 0.256 e. The van der Waals surface area contributed by atoms with Crippen molar-refractivity contribution < 1.29 is 4.57 Å². The first-order valence-electron chi connectivity index (χ1n) is 24.9. The summed E-state index contributed by atoms with van der Waals surface area (Å²) in [6.07, 6.45) is 65.3. The first-order valence-corrected chi connectivity index (χ1v) is 24.9. The number of hydrogen-bond donors (Lipinski definition) is 0. The summed E-state index contributed by atoms with van der Waals surface area (Å²) in [7, 11) is 0. The molecule has 0 atom stereocenters. The van der Waals surface area contributed by atoms with Crippen molar-refractivity contribution in [2.75, 3.05) is 0 Å². The molecule has 0 aliphatic carbocycles. The molecule has 0 spiro atoms. The van der Waals surface area contributed by atoms with Crippen LogP contribution in [0.3, 0.4) is 0 Å². The number of unbranched alkanes of at least 4 members (excludes halogenated alkanes) is 38. The molecule has 0 bridgehead atoms. The Balaban J connectivity index is 2.26.